The summed E-state index contributed by atoms with van der Waals surface area (Å²) in [5.74, 6) is 0.952. The Balaban J connectivity index is 1.88. The fourth-order valence-corrected chi connectivity index (χ4v) is 2.93. The van der Waals surface area contributed by atoms with Crippen molar-refractivity contribution in [1.82, 2.24) is 14.6 Å². The van der Waals surface area contributed by atoms with Gasteiger partial charge in [0.1, 0.15) is 5.82 Å². The van der Waals surface area contributed by atoms with Crippen LogP contribution in [0, 0.1) is 20.8 Å². The predicted molar refractivity (Wildman–Crippen MR) is 102 cm³/mol. The van der Waals surface area contributed by atoms with Crippen LogP contribution in [0.1, 0.15) is 16.8 Å². The van der Waals surface area contributed by atoms with Crippen molar-refractivity contribution >= 4 is 17.2 Å². The molecule has 25 heavy (non-hydrogen) atoms. The number of benzene rings is 2. The SMILES string of the molecule is Cc1ccc(Nc2c(C)c(C)nc3c(-c4ccccc4)cnn23)cc1. The minimum atomic E-state index is 0.865. The number of fused-ring (bicyclic) bond motifs is 1. The minimum absolute atomic E-state index is 0.865. The molecule has 4 nitrogen and oxygen atoms in total. The molecule has 0 spiro atoms. The highest BCUT2D eigenvalue weighted by molar-refractivity contribution is 5.79. The summed E-state index contributed by atoms with van der Waals surface area (Å²) in [7, 11) is 0. The van der Waals surface area contributed by atoms with Gasteiger partial charge in [-0.1, -0.05) is 48.0 Å². The maximum absolute atomic E-state index is 4.79. The lowest BCUT2D eigenvalue weighted by atomic mass is 10.1. The first-order valence-electron chi connectivity index (χ1n) is 8.37. The van der Waals surface area contributed by atoms with Crippen LogP contribution >= 0.6 is 0 Å². The first-order valence-corrected chi connectivity index (χ1v) is 8.37. The maximum Gasteiger partial charge on any atom is 0.165 e. The zero-order valence-electron chi connectivity index (χ0n) is 14.6. The lowest BCUT2D eigenvalue weighted by Gasteiger charge is -2.14. The molecule has 0 atom stereocenters. The van der Waals surface area contributed by atoms with Gasteiger partial charge in [-0.05, 0) is 38.5 Å². The summed E-state index contributed by atoms with van der Waals surface area (Å²) >= 11 is 0. The number of anilines is 2. The van der Waals surface area contributed by atoms with E-state index in [9.17, 15) is 0 Å². The highest BCUT2D eigenvalue weighted by Gasteiger charge is 2.15. The monoisotopic (exact) mass is 328 g/mol. The Kier molecular flexibility index (Phi) is 3.73. The molecule has 0 saturated carbocycles. The second-order valence-electron chi connectivity index (χ2n) is 6.32. The molecular formula is C21H20N4. The van der Waals surface area contributed by atoms with Crippen molar-refractivity contribution in [2.45, 2.75) is 20.8 Å². The molecule has 0 radical (unpaired) electrons. The number of nitrogens with one attached hydrogen (secondary N) is 1. The fraction of sp³-hybridized carbons (Fsp3) is 0.143. The Hall–Kier alpha value is -3.14. The van der Waals surface area contributed by atoms with Crippen molar-refractivity contribution in [2.24, 2.45) is 0 Å². The summed E-state index contributed by atoms with van der Waals surface area (Å²) in [6, 6.07) is 18.6. The third-order valence-electron chi connectivity index (χ3n) is 4.53. The Labute approximate surface area is 147 Å². The first kappa shape index (κ1) is 15.4. The molecule has 2 aromatic heterocycles. The van der Waals surface area contributed by atoms with E-state index in [1.54, 1.807) is 0 Å². The molecule has 0 aliphatic carbocycles. The molecule has 4 heteroatoms. The van der Waals surface area contributed by atoms with Gasteiger partial charge < -0.3 is 5.32 Å². The van der Waals surface area contributed by atoms with Gasteiger partial charge in [-0.15, -0.1) is 0 Å². The van der Waals surface area contributed by atoms with E-state index in [2.05, 4.69) is 60.7 Å². The van der Waals surface area contributed by atoms with Gasteiger partial charge >= 0.3 is 0 Å². The van der Waals surface area contributed by atoms with Crippen LogP contribution in [-0.4, -0.2) is 14.6 Å². The highest BCUT2D eigenvalue weighted by Crippen LogP contribution is 2.29. The molecule has 0 saturated heterocycles. The van der Waals surface area contributed by atoms with E-state index >= 15 is 0 Å². The Morgan fingerprint density at radius 2 is 1.60 bits per heavy atom. The number of hydrogen-bond acceptors (Lipinski definition) is 3. The lowest BCUT2D eigenvalue weighted by Crippen LogP contribution is -2.06. The lowest BCUT2D eigenvalue weighted by molar-refractivity contribution is 0.924. The Bertz CT molecular complexity index is 1030. The van der Waals surface area contributed by atoms with Crippen LogP contribution in [0.5, 0.6) is 0 Å². The number of hydrogen-bond donors (Lipinski definition) is 1. The van der Waals surface area contributed by atoms with E-state index in [-0.39, 0.29) is 0 Å². The maximum atomic E-state index is 4.79. The second-order valence-corrected chi connectivity index (χ2v) is 6.32. The van der Waals surface area contributed by atoms with Crippen LogP contribution in [0.25, 0.3) is 16.8 Å². The summed E-state index contributed by atoms with van der Waals surface area (Å²) < 4.78 is 1.89. The third-order valence-corrected chi connectivity index (χ3v) is 4.53. The normalized spacial score (nSPS) is 11.0. The van der Waals surface area contributed by atoms with E-state index < -0.39 is 0 Å². The van der Waals surface area contributed by atoms with E-state index in [0.29, 0.717) is 0 Å². The third kappa shape index (κ3) is 2.76. The molecule has 0 aliphatic heterocycles. The van der Waals surface area contributed by atoms with Crippen LogP contribution in [0.2, 0.25) is 0 Å². The second kappa shape index (κ2) is 6.06. The van der Waals surface area contributed by atoms with Crippen molar-refractivity contribution in [2.75, 3.05) is 5.32 Å². The summed E-state index contributed by atoms with van der Waals surface area (Å²) in [5.41, 5.74) is 7.39. The van der Waals surface area contributed by atoms with Gasteiger partial charge in [0.2, 0.25) is 0 Å². The zero-order valence-corrected chi connectivity index (χ0v) is 14.6. The molecule has 4 aromatic rings. The quantitative estimate of drug-likeness (QED) is 0.571. The summed E-state index contributed by atoms with van der Waals surface area (Å²) in [6.45, 7) is 6.20. The molecular weight excluding hydrogens is 308 g/mol. The molecule has 1 N–H and O–H groups in total. The minimum Gasteiger partial charge on any atom is -0.340 e. The topological polar surface area (TPSA) is 42.2 Å². The Morgan fingerprint density at radius 1 is 0.880 bits per heavy atom. The van der Waals surface area contributed by atoms with Crippen LogP contribution in [0.4, 0.5) is 11.5 Å². The van der Waals surface area contributed by atoms with E-state index in [4.69, 9.17) is 4.98 Å². The van der Waals surface area contributed by atoms with Crippen LogP contribution in [0.15, 0.2) is 60.8 Å². The average molecular weight is 328 g/mol. The van der Waals surface area contributed by atoms with Gasteiger partial charge in [-0.25, -0.2) is 4.98 Å². The van der Waals surface area contributed by atoms with Crippen LogP contribution in [0.3, 0.4) is 0 Å². The fourth-order valence-electron chi connectivity index (χ4n) is 2.93. The largest absolute Gasteiger partial charge is 0.340 e. The van der Waals surface area contributed by atoms with Gasteiger partial charge in [0.05, 0.1) is 6.20 Å². The number of rotatable bonds is 3. The van der Waals surface area contributed by atoms with Gasteiger partial charge in [0, 0.05) is 22.5 Å². The highest BCUT2D eigenvalue weighted by atomic mass is 15.3. The molecule has 2 aromatic carbocycles. The average Bonchev–Trinajstić information content (AvgIpc) is 3.04. The standard InChI is InChI=1S/C21H20N4/c1-14-9-11-18(12-10-14)24-20-15(2)16(3)23-21-19(13-22-25(20)21)17-7-5-4-6-8-17/h4-13,24H,1-3H3. The Morgan fingerprint density at radius 3 is 2.32 bits per heavy atom. The molecule has 0 amide bonds. The molecule has 4 rings (SSSR count). The molecule has 0 aliphatic rings. The molecule has 0 fully saturated rings. The number of nitrogens with zero attached hydrogens (tertiary/aromatic N) is 3. The summed E-state index contributed by atoms with van der Waals surface area (Å²) in [4.78, 5) is 4.79. The van der Waals surface area contributed by atoms with Crippen LogP contribution in [-0.2, 0) is 0 Å². The van der Waals surface area contributed by atoms with Gasteiger partial charge in [-0.2, -0.15) is 9.61 Å². The van der Waals surface area contributed by atoms with Crippen molar-refractivity contribution in [3.63, 3.8) is 0 Å². The van der Waals surface area contributed by atoms with Crippen molar-refractivity contribution in [1.29, 1.82) is 0 Å². The number of aryl methyl sites for hydroxylation is 2. The predicted octanol–water partition coefficient (Wildman–Crippen LogP) is 5.07. The summed E-state index contributed by atoms with van der Waals surface area (Å²) in [5, 5.41) is 8.11. The molecule has 0 bridgehead atoms. The van der Waals surface area contributed by atoms with Crippen molar-refractivity contribution in [3.8, 4) is 11.1 Å². The van der Waals surface area contributed by atoms with E-state index in [0.717, 1.165) is 39.5 Å². The van der Waals surface area contributed by atoms with E-state index in [1.807, 2.05) is 35.8 Å². The van der Waals surface area contributed by atoms with Gasteiger partial charge in [-0.3, -0.25) is 0 Å². The first-order chi connectivity index (χ1) is 12.1. The van der Waals surface area contributed by atoms with Crippen LogP contribution < -0.4 is 5.32 Å². The molecule has 0 unspecified atom stereocenters. The molecule has 2 heterocycles. The van der Waals surface area contributed by atoms with Gasteiger partial charge in [0.15, 0.2) is 5.65 Å². The van der Waals surface area contributed by atoms with Gasteiger partial charge in [0.25, 0.3) is 0 Å². The smallest absolute Gasteiger partial charge is 0.165 e. The van der Waals surface area contributed by atoms with E-state index in [1.165, 1.54) is 5.56 Å². The zero-order chi connectivity index (χ0) is 17.4. The van der Waals surface area contributed by atoms with Crippen molar-refractivity contribution < 1.29 is 0 Å². The molecule has 124 valence electrons. The number of aromatic nitrogens is 3. The van der Waals surface area contributed by atoms with Crippen molar-refractivity contribution in [3.05, 3.63) is 77.6 Å². The summed E-state index contributed by atoms with van der Waals surface area (Å²) in [6.07, 6.45) is 1.89.